The summed E-state index contributed by atoms with van der Waals surface area (Å²) < 4.78 is 7.96. The molecule has 2 N–H and O–H groups in total. The molecule has 0 fully saturated rings. The number of aromatic nitrogens is 3. The van der Waals surface area contributed by atoms with E-state index in [1.807, 2.05) is 24.3 Å². The van der Waals surface area contributed by atoms with Gasteiger partial charge >= 0.3 is 0 Å². The fraction of sp³-hybridized carbons (Fsp3) is 0.158. The Kier molecular flexibility index (Phi) is 3.63. The largest absolute Gasteiger partial charge is 0.435 e. The van der Waals surface area contributed by atoms with Crippen LogP contribution in [0.2, 0.25) is 0 Å². The van der Waals surface area contributed by atoms with Crippen LogP contribution < -0.4 is 5.73 Å². The molecule has 0 amide bonds. The number of nitrogens with two attached hydrogens (primary N) is 1. The smallest absolute Gasteiger partial charge is 0.245 e. The van der Waals surface area contributed by atoms with Gasteiger partial charge in [-0.05, 0) is 19.1 Å². The van der Waals surface area contributed by atoms with E-state index in [9.17, 15) is 0 Å². The van der Waals surface area contributed by atoms with E-state index >= 15 is 0 Å². The third kappa shape index (κ3) is 2.49. The molecular weight excluding hydrogens is 300 g/mol. The molecule has 24 heavy (non-hydrogen) atoms. The molecule has 2 aromatic carbocycles. The van der Waals surface area contributed by atoms with Gasteiger partial charge in [0, 0.05) is 18.7 Å². The topological polar surface area (TPSA) is 69.9 Å². The Labute approximate surface area is 139 Å². The molecule has 0 aliphatic carbocycles. The fourth-order valence-electron chi connectivity index (χ4n) is 2.82. The highest BCUT2D eigenvalue weighted by molar-refractivity contribution is 5.75. The molecule has 0 saturated carbocycles. The molecule has 0 bridgehead atoms. The van der Waals surface area contributed by atoms with Gasteiger partial charge in [-0.3, -0.25) is 0 Å². The predicted molar refractivity (Wildman–Crippen MR) is 94.5 cm³/mol. The second kappa shape index (κ2) is 5.94. The first-order chi connectivity index (χ1) is 11.8. The minimum atomic E-state index is 0.516. The predicted octanol–water partition coefficient (Wildman–Crippen LogP) is 3.63. The molecule has 5 nitrogen and oxygen atoms in total. The Hall–Kier alpha value is -2.92. The maximum absolute atomic E-state index is 5.90. The first kappa shape index (κ1) is 14.7. The number of nitrogens with zero attached hydrogens (tertiary/aromatic N) is 3. The van der Waals surface area contributed by atoms with Gasteiger partial charge in [-0.2, -0.15) is 0 Å². The summed E-state index contributed by atoms with van der Waals surface area (Å²) in [5.41, 5.74) is 10.5. The molecule has 0 radical (unpaired) electrons. The van der Waals surface area contributed by atoms with Crippen molar-refractivity contribution in [3.8, 4) is 23.0 Å². The zero-order chi connectivity index (χ0) is 16.5. The van der Waals surface area contributed by atoms with E-state index in [-0.39, 0.29) is 0 Å². The molecule has 2 aromatic heterocycles. The summed E-state index contributed by atoms with van der Waals surface area (Å²) >= 11 is 0. The number of para-hydroxylation sites is 2. The van der Waals surface area contributed by atoms with Gasteiger partial charge in [0.15, 0.2) is 5.58 Å². The first-order valence-electron chi connectivity index (χ1n) is 7.95. The van der Waals surface area contributed by atoms with Gasteiger partial charge in [0.05, 0.1) is 6.20 Å². The molecule has 0 aliphatic rings. The average molecular weight is 318 g/mol. The summed E-state index contributed by atoms with van der Waals surface area (Å²) in [6, 6.07) is 16.0. The Morgan fingerprint density at radius 1 is 1.08 bits per heavy atom. The number of hydrogen-bond donors (Lipinski definition) is 1. The third-order valence-electron chi connectivity index (χ3n) is 4.03. The molecule has 4 rings (SSSR count). The monoisotopic (exact) mass is 318 g/mol. The van der Waals surface area contributed by atoms with Gasteiger partial charge in [-0.1, -0.05) is 42.0 Å². The molecule has 0 saturated heterocycles. The summed E-state index contributed by atoms with van der Waals surface area (Å²) in [6.45, 7) is 3.24. The van der Waals surface area contributed by atoms with Crippen LogP contribution in [0.4, 0.5) is 0 Å². The van der Waals surface area contributed by atoms with Crippen LogP contribution in [0.25, 0.3) is 34.1 Å². The van der Waals surface area contributed by atoms with Crippen LogP contribution in [0.15, 0.2) is 59.1 Å². The highest BCUT2D eigenvalue weighted by Gasteiger charge is 2.17. The molecular formula is C19H18N4O. The van der Waals surface area contributed by atoms with E-state index in [1.54, 1.807) is 6.20 Å². The Bertz CT molecular complexity index is 949. The molecule has 120 valence electrons. The number of aryl methyl sites for hydroxylation is 1. The van der Waals surface area contributed by atoms with Crippen LogP contribution in [0.5, 0.6) is 0 Å². The van der Waals surface area contributed by atoms with Gasteiger partial charge in [-0.15, -0.1) is 0 Å². The standard InChI is InChI=1S/C19H18N4O/c1-13-6-8-14(9-7-13)18-21-12-16(23(18)11-10-20)19-22-15-4-2-3-5-17(15)24-19/h2-9,12H,10-11,20H2,1H3. The van der Waals surface area contributed by atoms with Crippen molar-refractivity contribution in [1.82, 2.24) is 14.5 Å². The number of rotatable bonds is 4. The number of imidazole rings is 1. The number of fused-ring (bicyclic) bond motifs is 1. The summed E-state index contributed by atoms with van der Waals surface area (Å²) in [7, 11) is 0. The van der Waals surface area contributed by atoms with Crippen LogP contribution in [0.1, 0.15) is 5.56 Å². The normalized spacial score (nSPS) is 11.2. The minimum absolute atomic E-state index is 0.516. The van der Waals surface area contributed by atoms with E-state index in [1.165, 1.54) is 5.56 Å². The highest BCUT2D eigenvalue weighted by Crippen LogP contribution is 2.28. The van der Waals surface area contributed by atoms with Crippen LogP contribution >= 0.6 is 0 Å². The van der Waals surface area contributed by atoms with Gasteiger partial charge in [0.2, 0.25) is 5.89 Å². The Morgan fingerprint density at radius 3 is 2.62 bits per heavy atom. The molecule has 2 heterocycles. The lowest BCUT2D eigenvalue weighted by molar-refractivity contribution is 0.604. The molecule has 0 spiro atoms. The second-order valence-electron chi connectivity index (χ2n) is 5.76. The van der Waals surface area contributed by atoms with E-state index < -0.39 is 0 Å². The highest BCUT2D eigenvalue weighted by atomic mass is 16.3. The van der Waals surface area contributed by atoms with Crippen LogP contribution in [0, 0.1) is 6.92 Å². The van der Waals surface area contributed by atoms with E-state index in [0.717, 1.165) is 28.2 Å². The quantitative estimate of drug-likeness (QED) is 0.624. The van der Waals surface area contributed by atoms with E-state index in [0.29, 0.717) is 19.0 Å². The minimum Gasteiger partial charge on any atom is -0.435 e. The zero-order valence-corrected chi connectivity index (χ0v) is 13.4. The lowest BCUT2D eigenvalue weighted by atomic mass is 10.1. The Balaban J connectivity index is 1.85. The van der Waals surface area contributed by atoms with Crippen molar-refractivity contribution in [2.45, 2.75) is 13.5 Å². The second-order valence-corrected chi connectivity index (χ2v) is 5.76. The van der Waals surface area contributed by atoms with Gasteiger partial charge < -0.3 is 14.7 Å². The Morgan fingerprint density at radius 2 is 1.88 bits per heavy atom. The fourth-order valence-corrected chi connectivity index (χ4v) is 2.82. The lowest BCUT2D eigenvalue weighted by Crippen LogP contribution is -2.12. The third-order valence-corrected chi connectivity index (χ3v) is 4.03. The van der Waals surface area contributed by atoms with Crippen LogP contribution in [-0.2, 0) is 6.54 Å². The van der Waals surface area contributed by atoms with Crippen molar-refractivity contribution >= 4 is 11.1 Å². The molecule has 0 atom stereocenters. The first-order valence-corrected chi connectivity index (χ1v) is 7.95. The molecule has 0 unspecified atom stereocenters. The van der Waals surface area contributed by atoms with Crippen molar-refractivity contribution in [3.63, 3.8) is 0 Å². The maximum atomic E-state index is 5.90. The number of benzene rings is 2. The summed E-state index contributed by atoms with van der Waals surface area (Å²) in [5, 5.41) is 0. The summed E-state index contributed by atoms with van der Waals surface area (Å²) in [4.78, 5) is 9.17. The van der Waals surface area contributed by atoms with Gasteiger partial charge in [0.1, 0.15) is 17.0 Å². The van der Waals surface area contributed by atoms with Crippen molar-refractivity contribution in [3.05, 3.63) is 60.3 Å². The van der Waals surface area contributed by atoms with Crippen molar-refractivity contribution < 1.29 is 4.42 Å². The van der Waals surface area contributed by atoms with Crippen molar-refractivity contribution in [2.24, 2.45) is 5.73 Å². The van der Waals surface area contributed by atoms with Crippen molar-refractivity contribution in [1.29, 1.82) is 0 Å². The molecule has 0 aliphatic heterocycles. The van der Waals surface area contributed by atoms with Crippen LogP contribution in [0.3, 0.4) is 0 Å². The van der Waals surface area contributed by atoms with Gasteiger partial charge in [-0.25, -0.2) is 9.97 Å². The SMILES string of the molecule is Cc1ccc(-c2ncc(-c3nc4ccccc4o3)n2CCN)cc1. The number of hydrogen-bond acceptors (Lipinski definition) is 4. The molecule has 5 heteroatoms. The number of oxazole rings is 1. The van der Waals surface area contributed by atoms with E-state index in [4.69, 9.17) is 10.2 Å². The average Bonchev–Trinajstić information content (AvgIpc) is 3.19. The maximum Gasteiger partial charge on any atom is 0.245 e. The van der Waals surface area contributed by atoms with E-state index in [2.05, 4.69) is 45.7 Å². The van der Waals surface area contributed by atoms with Crippen LogP contribution in [-0.4, -0.2) is 21.1 Å². The summed E-state index contributed by atoms with van der Waals surface area (Å²) in [6.07, 6.45) is 1.80. The summed E-state index contributed by atoms with van der Waals surface area (Å²) in [5.74, 6) is 1.44. The molecule has 4 aromatic rings. The van der Waals surface area contributed by atoms with Crippen molar-refractivity contribution in [2.75, 3.05) is 6.54 Å². The lowest BCUT2D eigenvalue weighted by Gasteiger charge is -2.09. The zero-order valence-electron chi connectivity index (χ0n) is 13.4. The van der Waals surface area contributed by atoms with Gasteiger partial charge in [0.25, 0.3) is 0 Å².